The quantitative estimate of drug-likeness (QED) is 0.851. The smallest absolute Gasteiger partial charge is 0.335 e. The van der Waals surface area contributed by atoms with Crippen molar-refractivity contribution >= 4 is 17.6 Å². The Bertz CT molecular complexity index is 701. The Morgan fingerprint density at radius 1 is 1.17 bits per heavy atom. The minimum atomic E-state index is -0.881. The van der Waals surface area contributed by atoms with Crippen molar-refractivity contribution in [2.75, 3.05) is 0 Å². The predicted molar refractivity (Wildman–Crippen MR) is 92.1 cm³/mol. The number of carbonyl (C=O) groups is 1. The summed E-state index contributed by atoms with van der Waals surface area (Å²) in [4.78, 5) is 11.0. The Kier molecular flexibility index (Phi) is 4.99. The number of carboxylic acids is 1. The van der Waals surface area contributed by atoms with Gasteiger partial charge in [0.05, 0.1) is 5.56 Å². The molecule has 1 fully saturated rings. The van der Waals surface area contributed by atoms with E-state index in [9.17, 15) is 4.79 Å². The van der Waals surface area contributed by atoms with Crippen LogP contribution in [0.4, 0.5) is 0 Å². The zero-order valence-electron chi connectivity index (χ0n) is 12.8. The summed E-state index contributed by atoms with van der Waals surface area (Å²) < 4.78 is 0. The fraction of sp³-hybridized carbons (Fsp3) is 0.316. The standard InChI is InChI=1S/C19H20ClNO2/c20-17-6-2-4-14(10-17)15-7-8-18(11-15)21-12-13-3-1-5-16(9-13)19(22)23/h1-6,9-10,15,18,21H,7-8,11-12H2,(H,22,23). The lowest BCUT2D eigenvalue weighted by molar-refractivity contribution is 0.0696. The molecule has 3 nitrogen and oxygen atoms in total. The molecular weight excluding hydrogens is 310 g/mol. The lowest BCUT2D eigenvalue weighted by Gasteiger charge is -2.14. The summed E-state index contributed by atoms with van der Waals surface area (Å²) in [5, 5.41) is 13.4. The van der Waals surface area contributed by atoms with Gasteiger partial charge in [0.2, 0.25) is 0 Å². The van der Waals surface area contributed by atoms with Crippen LogP contribution in [0.5, 0.6) is 0 Å². The van der Waals surface area contributed by atoms with Crippen molar-refractivity contribution in [1.29, 1.82) is 0 Å². The van der Waals surface area contributed by atoms with Crippen LogP contribution in [0.25, 0.3) is 0 Å². The third-order valence-corrected chi connectivity index (χ3v) is 4.76. The van der Waals surface area contributed by atoms with Crippen molar-refractivity contribution in [2.45, 2.75) is 37.8 Å². The maximum Gasteiger partial charge on any atom is 0.335 e. The van der Waals surface area contributed by atoms with Crippen LogP contribution in [0, 0.1) is 0 Å². The first-order valence-electron chi connectivity index (χ1n) is 7.93. The number of hydrogen-bond donors (Lipinski definition) is 2. The van der Waals surface area contributed by atoms with Gasteiger partial charge >= 0.3 is 5.97 Å². The molecule has 0 aromatic heterocycles. The maximum atomic E-state index is 11.0. The van der Waals surface area contributed by atoms with Crippen LogP contribution in [0.1, 0.15) is 46.7 Å². The molecule has 0 spiro atoms. The minimum absolute atomic E-state index is 0.340. The molecule has 0 saturated heterocycles. The van der Waals surface area contributed by atoms with Gasteiger partial charge in [-0.1, -0.05) is 35.9 Å². The average Bonchev–Trinajstić information content (AvgIpc) is 3.02. The zero-order chi connectivity index (χ0) is 16.2. The summed E-state index contributed by atoms with van der Waals surface area (Å²) in [6.07, 6.45) is 3.39. The third-order valence-electron chi connectivity index (χ3n) is 4.52. The van der Waals surface area contributed by atoms with Gasteiger partial charge in [-0.25, -0.2) is 4.79 Å². The molecule has 0 heterocycles. The van der Waals surface area contributed by atoms with Crippen molar-refractivity contribution in [2.24, 2.45) is 0 Å². The van der Waals surface area contributed by atoms with E-state index < -0.39 is 5.97 Å². The molecule has 1 aliphatic carbocycles. The Hall–Kier alpha value is -1.84. The van der Waals surface area contributed by atoms with Gasteiger partial charge in [-0.2, -0.15) is 0 Å². The molecule has 0 radical (unpaired) electrons. The van der Waals surface area contributed by atoms with Gasteiger partial charge in [0, 0.05) is 17.6 Å². The molecule has 4 heteroatoms. The molecule has 0 bridgehead atoms. The molecule has 2 aromatic rings. The summed E-state index contributed by atoms with van der Waals surface area (Å²) in [5.41, 5.74) is 2.67. The molecule has 23 heavy (non-hydrogen) atoms. The summed E-state index contributed by atoms with van der Waals surface area (Å²) in [6.45, 7) is 0.702. The monoisotopic (exact) mass is 329 g/mol. The van der Waals surface area contributed by atoms with Crippen molar-refractivity contribution in [1.82, 2.24) is 5.32 Å². The van der Waals surface area contributed by atoms with Crippen LogP contribution in [-0.2, 0) is 6.54 Å². The fourth-order valence-electron chi connectivity index (χ4n) is 3.31. The first-order valence-corrected chi connectivity index (χ1v) is 8.30. The van der Waals surface area contributed by atoms with Crippen LogP contribution in [-0.4, -0.2) is 17.1 Å². The molecule has 2 unspecified atom stereocenters. The average molecular weight is 330 g/mol. The van der Waals surface area contributed by atoms with Crippen LogP contribution < -0.4 is 5.32 Å². The molecule has 2 aromatic carbocycles. The first-order chi connectivity index (χ1) is 11.1. The minimum Gasteiger partial charge on any atom is -0.478 e. The number of hydrogen-bond acceptors (Lipinski definition) is 2. The molecule has 1 aliphatic rings. The highest BCUT2D eigenvalue weighted by molar-refractivity contribution is 6.30. The lowest BCUT2D eigenvalue weighted by atomic mass is 9.97. The van der Waals surface area contributed by atoms with E-state index in [2.05, 4.69) is 17.4 Å². The zero-order valence-corrected chi connectivity index (χ0v) is 13.6. The number of benzene rings is 2. The van der Waals surface area contributed by atoms with Gasteiger partial charge in [0.15, 0.2) is 0 Å². The SMILES string of the molecule is O=C(O)c1cccc(CNC2CCC(c3cccc(Cl)c3)C2)c1. The van der Waals surface area contributed by atoms with Crippen LogP contribution >= 0.6 is 11.6 Å². The second kappa shape index (κ2) is 7.16. The second-order valence-electron chi connectivity index (χ2n) is 6.15. The fourth-order valence-corrected chi connectivity index (χ4v) is 3.51. The van der Waals surface area contributed by atoms with Crippen molar-refractivity contribution in [3.05, 3.63) is 70.2 Å². The van der Waals surface area contributed by atoms with Crippen molar-refractivity contribution < 1.29 is 9.90 Å². The maximum absolute atomic E-state index is 11.0. The molecule has 3 rings (SSSR count). The number of carboxylic acid groups (broad SMARTS) is 1. The highest BCUT2D eigenvalue weighted by Gasteiger charge is 2.25. The van der Waals surface area contributed by atoms with E-state index in [0.29, 0.717) is 24.1 Å². The van der Waals surface area contributed by atoms with Gasteiger partial charge in [-0.3, -0.25) is 0 Å². The summed E-state index contributed by atoms with van der Waals surface area (Å²) in [5.74, 6) is -0.328. The van der Waals surface area contributed by atoms with Gasteiger partial charge in [-0.15, -0.1) is 0 Å². The Morgan fingerprint density at radius 3 is 2.78 bits per heavy atom. The molecule has 0 amide bonds. The van der Waals surface area contributed by atoms with Gasteiger partial charge in [-0.05, 0) is 60.6 Å². The van der Waals surface area contributed by atoms with Crippen molar-refractivity contribution in [3.8, 4) is 0 Å². The molecule has 120 valence electrons. The van der Waals surface area contributed by atoms with E-state index in [-0.39, 0.29) is 0 Å². The Balaban J connectivity index is 1.56. The van der Waals surface area contributed by atoms with E-state index in [1.807, 2.05) is 18.2 Å². The van der Waals surface area contributed by atoms with Gasteiger partial charge in [0.1, 0.15) is 0 Å². The molecule has 0 aliphatic heterocycles. The van der Waals surface area contributed by atoms with Crippen LogP contribution in [0.15, 0.2) is 48.5 Å². The van der Waals surface area contributed by atoms with Gasteiger partial charge < -0.3 is 10.4 Å². The van der Waals surface area contributed by atoms with Crippen molar-refractivity contribution in [3.63, 3.8) is 0 Å². The van der Waals surface area contributed by atoms with E-state index in [1.165, 1.54) is 5.56 Å². The molecular formula is C19H20ClNO2. The molecule has 2 atom stereocenters. The molecule has 2 N–H and O–H groups in total. The van der Waals surface area contributed by atoms with E-state index >= 15 is 0 Å². The highest BCUT2D eigenvalue weighted by Crippen LogP contribution is 2.35. The second-order valence-corrected chi connectivity index (χ2v) is 6.58. The Morgan fingerprint density at radius 2 is 2.00 bits per heavy atom. The predicted octanol–water partition coefficient (Wildman–Crippen LogP) is 4.46. The Labute approximate surface area is 141 Å². The van der Waals surface area contributed by atoms with Gasteiger partial charge in [0.25, 0.3) is 0 Å². The largest absolute Gasteiger partial charge is 0.478 e. The van der Waals surface area contributed by atoms with Crippen LogP contribution in [0.3, 0.4) is 0 Å². The lowest BCUT2D eigenvalue weighted by Crippen LogP contribution is -2.25. The number of rotatable bonds is 5. The van der Waals surface area contributed by atoms with Crippen LogP contribution in [0.2, 0.25) is 5.02 Å². The van der Waals surface area contributed by atoms with E-state index in [1.54, 1.807) is 18.2 Å². The normalized spacial score (nSPS) is 20.6. The summed E-state index contributed by atoms with van der Waals surface area (Å²) >= 11 is 6.08. The summed E-state index contributed by atoms with van der Waals surface area (Å²) in [7, 11) is 0. The molecule has 1 saturated carbocycles. The highest BCUT2D eigenvalue weighted by atomic mass is 35.5. The number of halogens is 1. The number of nitrogens with one attached hydrogen (secondary N) is 1. The first kappa shape index (κ1) is 16.0. The summed E-state index contributed by atoms with van der Waals surface area (Å²) in [6, 6.07) is 15.7. The number of aromatic carboxylic acids is 1. The van der Waals surface area contributed by atoms with E-state index in [4.69, 9.17) is 16.7 Å². The van der Waals surface area contributed by atoms with E-state index in [0.717, 1.165) is 29.8 Å². The topological polar surface area (TPSA) is 49.3 Å². The third kappa shape index (κ3) is 4.12.